The predicted octanol–water partition coefficient (Wildman–Crippen LogP) is 3.72. The second-order valence-electron chi connectivity index (χ2n) is 8.80. The van der Waals surface area contributed by atoms with E-state index < -0.39 is 0 Å². The summed E-state index contributed by atoms with van der Waals surface area (Å²) in [5, 5.41) is 13.1. The van der Waals surface area contributed by atoms with Gasteiger partial charge in [0.15, 0.2) is 17.3 Å². The molecule has 0 spiro atoms. The van der Waals surface area contributed by atoms with Crippen molar-refractivity contribution >= 4 is 5.69 Å². The Morgan fingerprint density at radius 3 is 2.30 bits per heavy atom. The predicted molar refractivity (Wildman–Crippen MR) is 127 cm³/mol. The number of ether oxygens (including phenoxy) is 2. The third kappa shape index (κ3) is 4.39. The lowest BCUT2D eigenvalue weighted by Gasteiger charge is -2.40. The smallest absolute Gasteiger partial charge is 0.173 e. The number of piperazine rings is 1. The lowest BCUT2D eigenvalue weighted by molar-refractivity contribution is 0.197. The Labute approximate surface area is 195 Å². The molecule has 2 aliphatic rings. The molecular formula is C25H32N6O2. The maximum absolute atomic E-state index is 5.63. The molecule has 5 rings (SSSR count). The second-order valence-corrected chi connectivity index (χ2v) is 8.80. The first kappa shape index (κ1) is 21.7. The molecule has 0 N–H and O–H groups in total. The van der Waals surface area contributed by atoms with Gasteiger partial charge in [0.25, 0.3) is 0 Å². The van der Waals surface area contributed by atoms with Gasteiger partial charge < -0.3 is 14.4 Å². The zero-order chi connectivity index (χ0) is 22.6. The van der Waals surface area contributed by atoms with E-state index in [1.54, 1.807) is 14.2 Å². The number of nitrogens with zero attached hydrogens (tertiary/aromatic N) is 6. The van der Waals surface area contributed by atoms with Crippen LogP contribution in [0.1, 0.15) is 49.2 Å². The zero-order valence-corrected chi connectivity index (χ0v) is 19.4. The molecule has 0 radical (unpaired) electrons. The van der Waals surface area contributed by atoms with Gasteiger partial charge in [-0.3, -0.25) is 4.90 Å². The Morgan fingerprint density at radius 2 is 1.61 bits per heavy atom. The summed E-state index contributed by atoms with van der Waals surface area (Å²) in [6.45, 7) is 3.76. The van der Waals surface area contributed by atoms with Crippen LogP contribution in [0.15, 0.2) is 48.5 Å². The Morgan fingerprint density at radius 1 is 0.879 bits per heavy atom. The largest absolute Gasteiger partial charge is 0.493 e. The quantitative estimate of drug-likeness (QED) is 0.546. The van der Waals surface area contributed by atoms with Crippen molar-refractivity contribution in [1.82, 2.24) is 25.1 Å². The number of aromatic nitrogens is 4. The van der Waals surface area contributed by atoms with Gasteiger partial charge in [-0.05, 0) is 53.1 Å². The molecule has 1 aliphatic carbocycles. The fourth-order valence-electron chi connectivity index (χ4n) is 5.21. The highest BCUT2D eigenvalue weighted by Gasteiger charge is 2.33. The van der Waals surface area contributed by atoms with Gasteiger partial charge in [0.05, 0.1) is 26.3 Å². The lowest BCUT2D eigenvalue weighted by atomic mass is 10.0. The van der Waals surface area contributed by atoms with E-state index in [1.807, 2.05) is 6.07 Å². The Hall–Kier alpha value is -3.13. The van der Waals surface area contributed by atoms with Crippen LogP contribution in [0.4, 0.5) is 5.69 Å². The molecule has 2 fully saturated rings. The fraction of sp³-hybridized carbons (Fsp3) is 0.480. The van der Waals surface area contributed by atoms with Crippen molar-refractivity contribution in [1.29, 1.82) is 0 Å². The van der Waals surface area contributed by atoms with Crippen molar-refractivity contribution in [2.24, 2.45) is 0 Å². The van der Waals surface area contributed by atoms with Gasteiger partial charge in [-0.1, -0.05) is 37.1 Å². The van der Waals surface area contributed by atoms with Gasteiger partial charge in [-0.2, -0.15) is 0 Å². The molecule has 174 valence electrons. The number of rotatable bonds is 7. The van der Waals surface area contributed by atoms with Crippen molar-refractivity contribution in [2.75, 3.05) is 45.3 Å². The van der Waals surface area contributed by atoms with Crippen LogP contribution in [0.3, 0.4) is 0 Å². The summed E-state index contributed by atoms with van der Waals surface area (Å²) in [6, 6.07) is 17.1. The average Bonchev–Trinajstić information content (AvgIpc) is 3.57. The number of hydrogen-bond donors (Lipinski definition) is 0. The van der Waals surface area contributed by atoms with Crippen LogP contribution < -0.4 is 14.4 Å². The highest BCUT2D eigenvalue weighted by atomic mass is 16.5. The topological polar surface area (TPSA) is 68.5 Å². The second kappa shape index (κ2) is 9.79. The van der Waals surface area contributed by atoms with E-state index in [0.29, 0.717) is 6.04 Å². The van der Waals surface area contributed by atoms with E-state index in [-0.39, 0.29) is 6.04 Å². The van der Waals surface area contributed by atoms with E-state index in [1.165, 1.54) is 18.5 Å². The maximum Gasteiger partial charge on any atom is 0.173 e. The van der Waals surface area contributed by atoms with Crippen molar-refractivity contribution in [2.45, 2.75) is 37.8 Å². The molecule has 8 heteroatoms. The summed E-state index contributed by atoms with van der Waals surface area (Å²) >= 11 is 0. The summed E-state index contributed by atoms with van der Waals surface area (Å²) in [6.07, 6.45) is 4.75. The van der Waals surface area contributed by atoms with Crippen molar-refractivity contribution in [3.8, 4) is 11.5 Å². The van der Waals surface area contributed by atoms with E-state index in [2.05, 4.69) is 72.5 Å². The molecule has 8 nitrogen and oxygen atoms in total. The molecule has 2 heterocycles. The minimum Gasteiger partial charge on any atom is -0.493 e. The third-order valence-corrected chi connectivity index (χ3v) is 6.96. The van der Waals surface area contributed by atoms with Gasteiger partial charge in [0.2, 0.25) is 0 Å². The summed E-state index contributed by atoms with van der Waals surface area (Å²) in [5.74, 6) is 2.37. The SMILES string of the molecule is COc1ccc([C@@H](c2nnnn2C2CCCC2)N2CCN(c3ccccc3)CC2)cc1OC. The lowest BCUT2D eigenvalue weighted by Crippen LogP contribution is -2.48. The van der Waals surface area contributed by atoms with Crippen LogP contribution in [-0.4, -0.2) is 65.5 Å². The van der Waals surface area contributed by atoms with E-state index >= 15 is 0 Å². The molecular weight excluding hydrogens is 416 g/mol. The minimum atomic E-state index is -0.0432. The standard InChI is InChI=1S/C25H32N6O2/c1-32-22-13-12-19(18-23(22)33-2)24(25-26-27-28-31(25)21-10-6-7-11-21)30-16-14-29(15-17-30)20-8-4-3-5-9-20/h3-5,8-9,12-13,18,21,24H,6-7,10-11,14-17H2,1-2H3/t24-/m0/s1. The molecule has 1 atom stereocenters. The van der Waals surface area contributed by atoms with Crippen molar-refractivity contribution in [3.63, 3.8) is 0 Å². The molecule has 0 amide bonds. The van der Waals surface area contributed by atoms with Gasteiger partial charge >= 0.3 is 0 Å². The fourth-order valence-corrected chi connectivity index (χ4v) is 5.21. The number of methoxy groups -OCH3 is 2. The number of para-hydroxylation sites is 1. The van der Waals surface area contributed by atoms with Gasteiger partial charge in [-0.25, -0.2) is 4.68 Å². The Balaban J connectivity index is 1.47. The Kier molecular flexibility index (Phi) is 6.44. The molecule has 3 aromatic rings. The van der Waals surface area contributed by atoms with Crippen LogP contribution in [0.25, 0.3) is 0 Å². The highest BCUT2D eigenvalue weighted by molar-refractivity contribution is 5.47. The number of anilines is 1. The van der Waals surface area contributed by atoms with Gasteiger partial charge in [0.1, 0.15) is 0 Å². The molecule has 33 heavy (non-hydrogen) atoms. The number of hydrogen-bond acceptors (Lipinski definition) is 7. The zero-order valence-electron chi connectivity index (χ0n) is 19.4. The van der Waals surface area contributed by atoms with Crippen LogP contribution in [0, 0.1) is 0 Å². The Bertz CT molecular complexity index is 1040. The number of tetrazole rings is 1. The molecule has 1 aromatic heterocycles. The monoisotopic (exact) mass is 448 g/mol. The van der Waals surface area contributed by atoms with Crippen LogP contribution in [0.5, 0.6) is 11.5 Å². The van der Waals surface area contributed by atoms with Gasteiger partial charge in [0, 0.05) is 31.9 Å². The summed E-state index contributed by atoms with van der Waals surface area (Å²) in [4.78, 5) is 4.94. The van der Waals surface area contributed by atoms with Gasteiger partial charge in [-0.15, -0.1) is 5.10 Å². The van der Waals surface area contributed by atoms with Crippen molar-refractivity contribution < 1.29 is 9.47 Å². The van der Waals surface area contributed by atoms with E-state index in [9.17, 15) is 0 Å². The van der Waals surface area contributed by atoms with E-state index in [0.717, 1.165) is 61.9 Å². The number of benzene rings is 2. The van der Waals surface area contributed by atoms with Crippen LogP contribution >= 0.6 is 0 Å². The molecule has 2 aromatic carbocycles. The molecule has 0 unspecified atom stereocenters. The minimum absolute atomic E-state index is 0.0432. The maximum atomic E-state index is 5.63. The summed E-state index contributed by atoms with van der Waals surface area (Å²) < 4.78 is 13.2. The average molecular weight is 449 g/mol. The molecule has 1 saturated heterocycles. The molecule has 1 saturated carbocycles. The van der Waals surface area contributed by atoms with Crippen LogP contribution in [0.2, 0.25) is 0 Å². The van der Waals surface area contributed by atoms with Crippen molar-refractivity contribution in [3.05, 3.63) is 59.9 Å². The molecule has 1 aliphatic heterocycles. The van der Waals surface area contributed by atoms with E-state index in [4.69, 9.17) is 9.47 Å². The summed E-state index contributed by atoms with van der Waals surface area (Å²) in [7, 11) is 3.34. The first-order valence-electron chi connectivity index (χ1n) is 11.8. The summed E-state index contributed by atoms with van der Waals surface area (Å²) in [5.41, 5.74) is 2.39. The normalized spacial score (nSPS) is 18.4. The first-order chi connectivity index (χ1) is 16.3. The molecule has 0 bridgehead atoms. The highest BCUT2D eigenvalue weighted by Crippen LogP contribution is 2.37. The third-order valence-electron chi connectivity index (χ3n) is 6.96. The first-order valence-corrected chi connectivity index (χ1v) is 11.8. The van der Waals surface area contributed by atoms with Crippen LogP contribution in [-0.2, 0) is 0 Å².